The van der Waals surface area contributed by atoms with Crippen molar-refractivity contribution in [2.24, 2.45) is 0 Å². The van der Waals surface area contributed by atoms with E-state index in [4.69, 9.17) is 27.9 Å². The van der Waals surface area contributed by atoms with E-state index in [-0.39, 0.29) is 5.91 Å². The maximum Gasteiger partial charge on any atom is 0.323 e. The number of urea groups is 1. The zero-order valence-electron chi connectivity index (χ0n) is 13.7. The molecule has 0 aromatic heterocycles. The number of benzene rings is 2. The zero-order chi connectivity index (χ0) is 18.4. The van der Waals surface area contributed by atoms with Crippen molar-refractivity contribution in [1.29, 1.82) is 0 Å². The van der Waals surface area contributed by atoms with Crippen molar-refractivity contribution in [2.75, 3.05) is 24.3 Å². The molecule has 3 amide bonds. The van der Waals surface area contributed by atoms with Crippen molar-refractivity contribution in [1.82, 2.24) is 5.32 Å². The summed E-state index contributed by atoms with van der Waals surface area (Å²) in [6.07, 6.45) is 0. The quantitative estimate of drug-likeness (QED) is 0.717. The Bertz CT molecular complexity index is 776. The normalized spacial score (nSPS) is 10.1. The Hall–Kier alpha value is -2.44. The number of amides is 3. The van der Waals surface area contributed by atoms with E-state index >= 15 is 0 Å². The van der Waals surface area contributed by atoms with Gasteiger partial charge in [0, 0.05) is 28.3 Å². The maximum atomic E-state index is 12.3. The summed E-state index contributed by atoms with van der Waals surface area (Å²) in [5.41, 5.74) is 1.07. The van der Waals surface area contributed by atoms with Crippen molar-refractivity contribution in [3.8, 4) is 5.75 Å². The molecule has 0 unspecified atom stereocenters. The van der Waals surface area contributed by atoms with Gasteiger partial charge in [-0.05, 0) is 37.3 Å². The minimum absolute atomic E-state index is 0.300. The van der Waals surface area contributed by atoms with E-state index in [9.17, 15) is 9.59 Å². The molecule has 0 atom stereocenters. The molecular formula is C17H17Cl2N3O3. The highest BCUT2D eigenvalue weighted by Crippen LogP contribution is 2.25. The number of hydrogen-bond acceptors (Lipinski definition) is 3. The summed E-state index contributed by atoms with van der Waals surface area (Å²) in [7, 11) is 1.50. The van der Waals surface area contributed by atoms with Crippen LogP contribution in [-0.2, 0) is 0 Å². The Balaban J connectivity index is 2.22. The third-order valence-electron chi connectivity index (χ3n) is 3.18. The minimum atomic E-state index is -0.544. The second-order valence-corrected chi connectivity index (χ2v) is 5.88. The van der Waals surface area contributed by atoms with Crippen LogP contribution in [0.25, 0.3) is 0 Å². The van der Waals surface area contributed by atoms with Crippen LogP contribution >= 0.6 is 23.2 Å². The Morgan fingerprint density at radius 3 is 2.32 bits per heavy atom. The molecule has 0 saturated heterocycles. The highest BCUT2D eigenvalue weighted by molar-refractivity contribution is 6.35. The van der Waals surface area contributed by atoms with Crippen LogP contribution in [0, 0.1) is 0 Å². The second-order valence-electron chi connectivity index (χ2n) is 5.01. The summed E-state index contributed by atoms with van der Waals surface area (Å²) in [4.78, 5) is 24.4. The van der Waals surface area contributed by atoms with Crippen molar-refractivity contribution < 1.29 is 14.3 Å². The van der Waals surface area contributed by atoms with E-state index in [0.717, 1.165) is 0 Å². The first kappa shape index (κ1) is 18.9. The van der Waals surface area contributed by atoms with Crippen molar-refractivity contribution in [3.63, 3.8) is 0 Å². The molecule has 0 heterocycles. The molecular weight excluding hydrogens is 365 g/mol. The molecule has 25 heavy (non-hydrogen) atoms. The molecule has 0 aliphatic heterocycles. The molecule has 2 aromatic carbocycles. The Morgan fingerprint density at radius 1 is 1.04 bits per heavy atom. The van der Waals surface area contributed by atoms with Gasteiger partial charge in [0.25, 0.3) is 5.91 Å². The summed E-state index contributed by atoms with van der Waals surface area (Å²) in [5.74, 6) is 0.209. The second kappa shape index (κ2) is 8.60. The number of carbonyl (C=O) groups is 2. The number of methoxy groups -OCH3 is 1. The largest absolute Gasteiger partial charge is 0.497 e. The van der Waals surface area contributed by atoms with Crippen LogP contribution < -0.4 is 20.7 Å². The van der Waals surface area contributed by atoms with Crippen LogP contribution in [0.1, 0.15) is 17.3 Å². The van der Waals surface area contributed by atoms with Crippen LogP contribution in [-0.4, -0.2) is 25.6 Å². The van der Waals surface area contributed by atoms with Crippen molar-refractivity contribution in [2.45, 2.75) is 6.92 Å². The Labute approximate surface area is 155 Å². The monoisotopic (exact) mass is 381 g/mol. The van der Waals surface area contributed by atoms with Crippen molar-refractivity contribution >= 4 is 46.5 Å². The minimum Gasteiger partial charge on any atom is -0.497 e. The third-order valence-corrected chi connectivity index (χ3v) is 3.61. The smallest absolute Gasteiger partial charge is 0.323 e. The summed E-state index contributed by atoms with van der Waals surface area (Å²) in [6.45, 7) is 2.28. The predicted octanol–water partition coefficient (Wildman–Crippen LogP) is 4.40. The third kappa shape index (κ3) is 5.27. The van der Waals surface area contributed by atoms with Crippen LogP contribution in [0.4, 0.5) is 16.2 Å². The SMILES string of the molecule is CCNC(=O)c1ccc(OC)cc1NC(=O)Nc1cc(Cl)cc(Cl)c1. The van der Waals surface area contributed by atoms with E-state index in [2.05, 4.69) is 16.0 Å². The Kier molecular flexibility index (Phi) is 6.50. The van der Waals surface area contributed by atoms with E-state index in [1.165, 1.54) is 7.11 Å². The molecule has 2 aromatic rings. The van der Waals surface area contributed by atoms with Gasteiger partial charge >= 0.3 is 6.03 Å². The first-order valence-electron chi connectivity index (χ1n) is 7.43. The van der Waals surface area contributed by atoms with Gasteiger partial charge in [-0.3, -0.25) is 4.79 Å². The molecule has 0 saturated carbocycles. The van der Waals surface area contributed by atoms with Gasteiger partial charge in [0.2, 0.25) is 0 Å². The fourth-order valence-corrected chi connectivity index (χ4v) is 2.64. The van der Waals surface area contributed by atoms with Crippen LogP contribution in [0.3, 0.4) is 0 Å². The molecule has 0 fully saturated rings. The standard InChI is InChI=1S/C17H17Cl2N3O3/c1-3-20-16(23)14-5-4-13(25-2)9-15(14)22-17(24)21-12-7-10(18)6-11(19)8-12/h4-9H,3H2,1-2H3,(H,20,23)(H2,21,22,24). The molecule has 2 rings (SSSR count). The summed E-state index contributed by atoms with van der Waals surface area (Å²) < 4.78 is 5.14. The molecule has 6 nitrogen and oxygen atoms in total. The van der Waals surface area contributed by atoms with Gasteiger partial charge < -0.3 is 20.7 Å². The fraction of sp³-hybridized carbons (Fsp3) is 0.176. The number of halogens is 2. The van der Waals surface area contributed by atoms with Gasteiger partial charge in [-0.15, -0.1) is 0 Å². The van der Waals surface area contributed by atoms with Crippen LogP contribution in [0.5, 0.6) is 5.75 Å². The topological polar surface area (TPSA) is 79.5 Å². The molecule has 0 bridgehead atoms. The number of hydrogen-bond donors (Lipinski definition) is 3. The molecule has 8 heteroatoms. The van der Waals surface area contributed by atoms with Gasteiger partial charge in [-0.1, -0.05) is 23.2 Å². The molecule has 0 radical (unpaired) electrons. The molecule has 0 aliphatic rings. The van der Waals surface area contributed by atoms with Gasteiger partial charge in [-0.25, -0.2) is 4.79 Å². The highest BCUT2D eigenvalue weighted by Gasteiger charge is 2.14. The first-order chi connectivity index (χ1) is 11.9. The lowest BCUT2D eigenvalue weighted by molar-refractivity contribution is 0.0956. The lowest BCUT2D eigenvalue weighted by Gasteiger charge is -2.13. The highest BCUT2D eigenvalue weighted by atomic mass is 35.5. The summed E-state index contributed by atoms with van der Waals surface area (Å²) in [5, 5.41) is 8.73. The number of ether oxygens (including phenoxy) is 1. The van der Waals surface area contributed by atoms with Gasteiger partial charge in [0.1, 0.15) is 5.75 Å². The van der Waals surface area contributed by atoms with Crippen molar-refractivity contribution in [3.05, 3.63) is 52.0 Å². The van der Waals surface area contributed by atoms with E-state index in [1.54, 1.807) is 36.4 Å². The lowest BCUT2D eigenvalue weighted by Crippen LogP contribution is -2.26. The molecule has 0 aliphatic carbocycles. The van der Waals surface area contributed by atoms with E-state index in [0.29, 0.717) is 39.3 Å². The van der Waals surface area contributed by atoms with E-state index in [1.807, 2.05) is 6.92 Å². The summed E-state index contributed by atoms with van der Waals surface area (Å²) in [6, 6.07) is 8.92. The average Bonchev–Trinajstić information content (AvgIpc) is 2.53. The van der Waals surface area contributed by atoms with E-state index < -0.39 is 6.03 Å². The number of anilines is 2. The maximum absolute atomic E-state index is 12.3. The van der Waals surface area contributed by atoms with Gasteiger partial charge in [0.05, 0.1) is 18.4 Å². The first-order valence-corrected chi connectivity index (χ1v) is 8.19. The predicted molar refractivity (Wildman–Crippen MR) is 100 cm³/mol. The van der Waals surface area contributed by atoms with Gasteiger partial charge in [-0.2, -0.15) is 0 Å². The summed E-state index contributed by atoms with van der Waals surface area (Å²) >= 11 is 11.8. The fourth-order valence-electron chi connectivity index (χ4n) is 2.12. The number of carbonyl (C=O) groups excluding carboxylic acids is 2. The zero-order valence-corrected chi connectivity index (χ0v) is 15.2. The number of nitrogens with one attached hydrogen (secondary N) is 3. The lowest BCUT2D eigenvalue weighted by atomic mass is 10.1. The van der Waals surface area contributed by atoms with Crippen LogP contribution in [0.15, 0.2) is 36.4 Å². The van der Waals surface area contributed by atoms with Gasteiger partial charge in [0.15, 0.2) is 0 Å². The molecule has 3 N–H and O–H groups in total. The van der Waals surface area contributed by atoms with Crippen LogP contribution in [0.2, 0.25) is 10.0 Å². The molecule has 0 spiro atoms. The Morgan fingerprint density at radius 2 is 1.72 bits per heavy atom. The number of rotatable bonds is 5. The molecule has 132 valence electrons. The average molecular weight is 382 g/mol.